The van der Waals surface area contributed by atoms with Crippen molar-refractivity contribution in [2.45, 2.75) is 0 Å². The summed E-state index contributed by atoms with van der Waals surface area (Å²) in [6, 6.07) is 10.6. The summed E-state index contributed by atoms with van der Waals surface area (Å²) in [6.07, 6.45) is 1.43. The highest BCUT2D eigenvalue weighted by Crippen LogP contribution is 2.33. The Hall–Kier alpha value is -2.70. The van der Waals surface area contributed by atoms with Gasteiger partial charge in [-0.05, 0) is 36.4 Å². The SMILES string of the molecule is CN(C(=O)c1cccnc1Oc1cc(Cl)ccc1Cl)c1ccc(F)cc1F. The van der Waals surface area contributed by atoms with E-state index in [9.17, 15) is 13.6 Å². The summed E-state index contributed by atoms with van der Waals surface area (Å²) in [4.78, 5) is 17.9. The van der Waals surface area contributed by atoms with Gasteiger partial charge in [0.2, 0.25) is 5.88 Å². The summed E-state index contributed by atoms with van der Waals surface area (Å²) in [5.41, 5.74) is -0.0169. The van der Waals surface area contributed by atoms with E-state index in [1.54, 1.807) is 12.1 Å². The Bertz CT molecular complexity index is 1010. The van der Waals surface area contributed by atoms with Crippen LogP contribution >= 0.6 is 23.2 Å². The number of anilines is 1. The third-order valence-electron chi connectivity index (χ3n) is 3.68. The first kappa shape index (κ1) is 19.1. The maximum Gasteiger partial charge on any atom is 0.263 e. The molecule has 1 heterocycles. The molecule has 3 aromatic rings. The average Bonchev–Trinajstić information content (AvgIpc) is 2.64. The molecule has 1 amide bonds. The topological polar surface area (TPSA) is 42.4 Å². The molecule has 0 bridgehead atoms. The molecule has 138 valence electrons. The van der Waals surface area contributed by atoms with Crippen LogP contribution in [0.5, 0.6) is 11.6 Å². The predicted octanol–water partition coefficient (Wildman–Crippen LogP) is 5.74. The molecule has 0 aliphatic carbocycles. The maximum absolute atomic E-state index is 14.0. The smallest absolute Gasteiger partial charge is 0.263 e. The lowest BCUT2D eigenvalue weighted by Crippen LogP contribution is -2.27. The highest BCUT2D eigenvalue weighted by molar-refractivity contribution is 6.34. The van der Waals surface area contributed by atoms with Gasteiger partial charge in [-0.1, -0.05) is 23.2 Å². The molecule has 0 saturated carbocycles. The van der Waals surface area contributed by atoms with Gasteiger partial charge < -0.3 is 9.64 Å². The predicted molar refractivity (Wildman–Crippen MR) is 99.9 cm³/mol. The number of rotatable bonds is 4. The molecule has 0 spiro atoms. The standard InChI is InChI=1S/C19H12Cl2F2N2O2/c1-25(16-7-5-12(22)10-15(16)23)19(26)13-3-2-8-24-18(13)27-17-9-11(20)4-6-14(17)21/h2-10H,1H3. The number of halogens is 4. The molecule has 0 aliphatic rings. The number of carbonyl (C=O) groups is 1. The average molecular weight is 409 g/mol. The molecule has 0 unspecified atom stereocenters. The first-order chi connectivity index (χ1) is 12.9. The quantitative estimate of drug-likeness (QED) is 0.552. The molecule has 8 heteroatoms. The third kappa shape index (κ3) is 4.18. The van der Waals surface area contributed by atoms with Gasteiger partial charge in [-0.25, -0.2) is 13.8 Å². The van der Waals surface area contributed by atoms with E-state index in [2.05, 4.69) is 4.98 Å². The van der Waals surface area contributed by atoms with Gasteiger partial charge in [-0.3, -0.25) is 4.79 Å². The van der Waals surface area contributed by atoms with Gasteiger partial charge in [0, 0.05) is 30.4 Å². The molecule has 0 N–H and O–H groups in total. The van der Waals surface area contributed by atoms with Gasteiger partial charge in [-0.2, -0.15) is 0 Å². The highest BCUT2D eigenvalue weighted by Gasteiger charge is 2.22. The number of pyridine rings is 1. The molecule has 0 atom stereocenters. The van der Waals surface area contributed by atoms with E-state index in [4.69, 9.17) is 27.9 Å². The van der Waals surface area contributed by atoms with Crippen molar-refractivity contribution in [1.29, 1.82) is 0 Å². The summed E-state index contributed by atoms with van der Waals surface area (Å²) >= 11 is 12.0. The third-order valence-corrected chi connectivity index (χ3v) is 4.22. The Labute approximate surface area is 163 Å². The van der Waals surface area contributed by atoms with E-state index >= 15 is 0 Å². The van der Waals surface area contributed by atoms with Crippen molar-refractivity contribution >= 4 is 34.8 Å². The number of hydrogen-bond acceptors (Lipinski definition) is 3. The van der Waals surface area contributed by atoms with Crippen LogP contribution < -0.4 is 9.64 Å². The van der Waals surface area contributed by atoms with Crippen LogP contribution in [0.25, 0.3) is 0 Å². The molecule has 27 heavy (non-hydrogen) atoms. The zero-order valence-corrected chi connectivity index (χ0v) is 15.4. The Balaban J connectivity index is 1.95. The second-order valence-electron chi connectivity index (χ2n) is 5.49. The monoisotopic (exact) mass is 408 g/mol. The second-order valence-corrected chi connectivity index (χ2v) is 6.34. The van der Waals surface area contributed by atoms with Gasteiger partial charge in [0.15, 0.2) is 0 Å². The second kappa shape index (κ2) is 7.90. The minimum absolute atomic E-state index is 0.0268. The zero-order valence-electron chi connectivity index (χ0n) is 13.9. The first-order valence-electron chi connectivity index (χ1n) is 7.68. The van der Waals surface area contributed by atoms with Crippen LogP contribution in [0.3, 0.4) is 0 Å². The van der Waals surface area contributed by atoms with Crippen molar-refractivity contribution in [3.8, 4) is 11.6 Å². The molecule has 4 nitrogen and oxygen atoms in total. The normalized spacial score (nSPS) is 10.6. The fourth-order valence-electron chi connectivity index (χ4n) is 2.34. The van der Waals surface area contributed by atoms with E-state index in [1.165, 1.54) is 37.5 Å². The lowest BCUT2D eigenvalue weighted by atomic mass is 10.2. The molecule has 0 radical (unpaired) electrons. The molecule has 0 saturated heterocycles. The molecule has 3 rings (SSSR count). The summed E-state index contributed by atoms with van der Waals surface area (Å²) in [5, 5.41) is 0.671. The fourth-order valence-corrected chi connectivity index (χ4v) is 2.66. The van der Waals surface area contributed by atoms with Crippen LogP contribution in [-0.2, 0) is 0 Å². The minimum Gasteiger partial charge on any atom is -0.437 e. The number of ether oxygens (including phenoxy) is 1. The van der Waals surface area contributed by atoms with Gasteiger partial charge in [0.25, 0.3) is 5.91 Å². The minimum atomic E-state index is -0.866. The van der Waals surface area contributed by atoms with Crippen molar-refractivity contribution in [2.24, 2.45) is 0 Å². The Morgan fingerprint density at radius 3 is 2.63 bits per heavy atom. The van der Waals surface area contributed by atoms with E-state index in [0.717, 1.165) is 11.0 Å². The lowest BCUT2D eigenvalue weighted by Gasteiger charge is -2.19. The van der Waals surface area contributed by atoms with E-state index in [-0.39, 0.29) is 27.9 Å². The largest absolute Gasteiger partial charge is 0.437 e. The van der Waals surface area contributed by atoms with Crippen LogP contribution in [0.1, 0.15) is 10.4 Å². The van der Waals surface area contributed by atoms with Crippen LogP contribution in [0.4, 0.5) is 14.5 Å². The Morgan fingerprint density at radius 2 is 1.89 bits per heavy atom. The summed E-state index contributed by atoms with van der Waals surface area (Å²) in [5.74, 6) is -2.01. The maximum atomic E-state index is 14.0. The van der Waals surface area contributed by atoms with Crippen molar-refractivity contribution in [1.82, 2.24) is 4.98 Å². The summed E-state index contributed by atoms with van der Waals surface area (Å²) in [6.45, 7) is 0. The number of nitrogens with zero attached hydrogens (tertiary/aromatic N) is 2. The first-order valence-corrected chi connectivity index (χ1v) is 8.43. The molecule has 0 fully saturated rings. The number of amides is 1. The highest BCUT2D eigenvalue weighted by atomic mass is 35.5. The zero-order chi connectivity index (χ0) is 19.6. The van der Waals surface area contributed by atoms with Crippen LogP contribution in [0.2, 0.25) is 10.0 Å². The van der Waals surface area contributed by atoms with Crippen molar-refractivity contribution < 1.29 is 18.3 Å². The van der Waals surface area contributed by atoms with Gasteiger partial charge >= 0.3 is 0 Å². The summed E-state index contributed by atoms with van der Waals surface area (Å²) < 4.78 is 32.8. The molecule has 1 aromatic heterocycles. The van der Waals surface area contributed by atoms with Gasteiger partial charge in [0.05, 0.1) is 10.7 Å². The number of hydrogen-bond donors (Lipinski definition) is 0. The van der Waals surface area contributed by atoms with E-state index in [1.807, 2.05) is 0 Å². The van der Waals surface area contributed by atoms with Crippen molar-refractivity contribution in [3.63, 3.8) is 0 Å². The van der Waals surface area contributed by atoms with Crippen LogP contribution in [0.15, 0.2) is 54.7 Å². The lowest BCUT2D eigenvalue weighted by molar-refractivity contribution is 0.0989. The van der Waals surface area contributed by atoms with Crippen LogP contribution in [0, 0.1) is 11.6 Å². The number of carbonyl (C=O) groups excluding carboxylic acids is 1. The van der Waals surface area contributed by atoms with E-state index in [0.29, 0.717) is 11.1 Å². The molecular formula is C19H12Cl2F2N2O2. The van der Waals surface area contributed by atoms with Crippen molar-refractivity contribution in [2.75, 3.05) is 11.9 Å². The molecule has 2 aromatic carbocycles. The Kier molecular flexibility index (Phi) is 5.58. The molecule has 0 aliphatic heterocycles. The van der Waals surface area contributed by atoms with Gasteiger partial charge in [0.1, 0.15) is 22.9 Å². The van der Waals surface area contributed by atoms with Crippen LogP contribution in [-0.4, -0.2) is 17.9 Å². The van der Waals surface area contributed by atoms with E-state index < -0.39 is 17.5 Å². The molecular weight excluding hydrogens is 397 g/mol. The fraction of sp³-hybridized carbons (Fsp3) is 0.0526. The number of benzene rings is 2. The summed E-state index contributed by atoms with van der Waals surface area (Å²) in [7, 11) is 1.36. The number of aromatic nitrogens is 1. The Morgan fingerprint density at radius 1 is 1.11 bits per heavy atom. The van der Waals surface area contributed by atoms with Gasteiger partial charge in [-0.15, -0.1) is 0 Å². The van der Waals surface area contributed by atoms with Crippen molar-refractivity contribution in [3.05, 3.63) is 82.0 Å².